The number of halogens is 1. The molecule has 0 atom stereocenters. The number of nitrogens with zero attached hydrogens (tertiary/aromatic N) is 2. The number of benzene rings is 3. The maximum atomic E-state index is 13.0. The molecule has 1 aromatic heterocycles. The van der Waals surface area contributed by atoms with Gasteiger partial charge in [0.2, 0.25) is 10.0 Å². The molecule has 10 heteroatoms. The number of hydrogen-bond acceptors (Lipinski definition) is 6. The molecular formula is C31H35ClN4O4S. The van der Waals surface area contributed by atoms with Crippen molar-refractivity contribution in [2.24, 2.45) is 4.99 Å². The van der Waals surface area contributed by atoms with Crippen molar-refractivity contribution in [1.29, 1.82) is 0 Å². The van der Waals surface area contributed by atoms with Crippen molar-refractivity contribution in [3.05, 3.63) is 88.4 Å². The lowest BCUT2D eigenvalue weighted by atomic mass is 10.0. The van der Waals surface area contributed by atoms with E-state index in [0.29, 0.717) is 45.9 Å². The molecule has 3 aromatic carbocycles. The first kappa shape index (κ1) is 29.3. The van der Waals surface area contributed by atoms with Gasteiger partial charge >= 0.3 is 0 Å². The number of nitrogens with one attached hydrogen (secondary N) is 2. The SMILES string of the molecule is COCCCNS(=O)(=O)c1ccc2[nH]c(O)c(C(=Nc3ccc(CN4CCCCC4)c(Cl)c3)c3ccccc3)c2c1. The van der Waals surface area contributed by atoms with E-state index in [0.717, 1.165) is 30.8 Å². The van der Waals surface area contributed by atoms with Gasteiger partial charge in [0.25, 0.3) is 0 Å². The first-order valence-corrected chi connectivity index (χ1v) is 15.7. The van der Waals surface area contributed by atoms with Gasteiger partial charge in [-0.25, -0.2) is 18.1 Å². The summed E-state index contributed by atoms with van der Waals surface area (Å²) in [6.45, 7) is 3.67. The summed E-state index contributed by atoms with van der Waals surface area (Å²) in [5.41, 5.74) is 3.95. The van der Waals surface area contributed by atoms with Gasteiger partial charge in [-0.3, -0.25) is 4.90 Å². The summed E-state index contributed by atoms with van der Waals surface area (Å²) < 4.78 is 33.7. The maximum Gasteiger partial charge on any atom is 0.240 e. The van der Waals surface area contributed by atoms with E-state index in [9.17, 15) is 13.5 Å². The van der Waals surface area contributed by atoms with E-state index in [1.54, 1.807) is 19.2 Å². The van der Waals surface area contributed by atoms with Crippen molar-refractivity contribution < 1.29 is 18.3 Å². The van der Waals surface area contributed by atoms with Gasteiger partial charge in [-0.15, -0.1) is 0 Å². The Kier molecular flexibility index (Phi) is 9.42. The number of aliphatic imine (C=N–C) groups is 1. The van der Waals surface area contributed by atoms with Gasteiger partial charge in [0, 0.05) is 48.3 Å². The lowest BCUT2D eigenvalue weighted by Gasteiger charge is -2.26. The Bertz CT molecular complexity index is 1630. The zero-order valence-electron chi connectivity index (χ0n) is 23.1. The van der Waals surface area contributed by atoms with Crippen molar-refractivity contribution in [3.63, 3.8) is 0 Å². The third-order valence-corrected chi connectivity index (χ3v) is 9.09. The van der Waals surface area contributed by atoms with Crippen LogP contribution in [-0.4, -0.2) is 62.5 Å². The van der Waals surface area contributed by atoms with Crippen LogP contribution in [0, 0.1) is 0 Å². The number of sulfonamides is 1. The predicted octanol–water partition coefficient (Wildman–Crippen LogP) is 6.00. The number of ether oxygens (including phenoxy) is 1. The quantitative estimate of drug-likeness (QED) is 0.146. The molecule has 0 spiro atoms. The van der Waals surface area contributed by atoms with Crippen LogP contribution in [0.2, 0.25) is 5.02 Å². The lowest BCUT2D eigenvalue weighted by molar-refractivity contribution is 0.196. The van der Waals surface area contributed by atoms with E-state index in [-0.39, 0.29) is 17.3 Å². The third-order valence-electron chi connectivity index (χ3n) is 7.28. The number of methoxy groups -OCH3 is 1. The number of H-pyrrole nitrogens is 1. The van der Waals surface area contributed by atoms with Gasteiger partial charge in [-0.1, -0.05) is 54.4 Å². The van der Waals surface area contributed by atoms with Crippen molar-refractivity contribution in [2.45, 2.75) is 37.1 Å². The number of piperidine rings is 1. The average Bonchev–Trinajstić information content (AvgIpc) is 3.31. The smallest absolute Gasteiger partial charge is 0.240 e. The Morgan fingerprint density at radius 3 is 2.59 bits per heavy atom. The Balaban J connectivity index is 1.54. The van der Waals surface area contributed by atoms with Crippen molar-refractivity contribution in [1.82, 2.24) is 14.6 Å². The standard InChI is InChI=1S/C31H35ClN4O4S/c1-40-18-8-15-33-41(38,39)25-13-14-28-26(20-25)29(31(37)35-28)30(22-9-4-2-5-10-22)34-24-12-11-23(27(32)19-24)21-36-16-6-3-7-17-36/h2,4-5,9-14,19-20,33,35,37H,3,6-8,15-18,21H2,1H3. The second kappa shape index (κ2) is 13.2. The van der Waals surface area contributed by atoms with E-state index < -0.39 is 10.0 Å². The zero-order chi connectivity index (χ0) is 28.8. The molecule has 8 nitrogen and oxygen atoms in total. The number of aromatic nitrogens is 1. The Hall–Kier alpha value is -3.21. The molecule has 1 saturated heterocycles. The number of aromatic hydroxyl groups is 1. The third kappa shape index (κ3) is 6.99. The molecule has 3 N–H and O–H groups in total. The van der Waals surface area contributed by atoms with Crippen LogP contribution in [-0.2, 0) is 21.3 Å². The van der Waals surface area contributed by atoms with Crippen molar-refractivity contribution in [2.75, 3.05) is 33.4 Å². The summed E-state index contributed by atoms with van der Waals surface area (Å²) in [4.78, 5) is 10.5. The highest BCUT2D eigenvalue weighted by molar-refractivity contribution is 7.89. The van der Waals surface area contributed by atoms with Crippen LogP contribution < -0.4 is 4.72 Å². The monoisotopic (exact) mass is 594 g/mol. The summed E-state index contributed by atoms with van der Waals surface area (Å²) in [5, 5.41) is 12.3. The second-order valence-corrected chi connectivity index (χ2v) is 12.4. The molecule has 1 aliphatic heterocycles. The average molecular weight is 595 g/mol. The Morgan fingerprint density at radius 1 is 1.07 bits per heavy atom. The molecule has 2 heterocycles. The van der Waals surface area contributed by atoms with Gasteiger partial charge in [0.15, 0.2) is 5.88 Å². The number of hydrogen-bond donors (Lipinski definition) is 3. The summed E-state index contributed by atoms with van der Waals surface area (Å²) >= 11 is 6.73. The fourth-order valence-corrected chi connectivity index (χ4v) is 6.49. The topological polar surface area (TPSA) is 107 Å². The minimum atomic E-state index is -3.77. The van der Waals surface area contributed by atoms with Gasteiger partial charge in [-0.2, -0.15) is 0 Å². The summed E-state index contributed by atoms with van der Waals surface area (Å²) in [6.07, 6.45) is 4.25. The van der Waals surface area contributed by atoms with Crippen LogP contribution in [0.15, 0.2) is 76.6 Å². The molecular weight excluding hydrogens is 560 g/mol. The molecule has 41 heavy (non-hydrogen) atoms. The number of likely N-dealkylation sites (tertiary alicyclic amines) is 1. The van der Waals surface area contributed by atoms with Crippen LogP contribution in [0.1, 0.15) is 42.4 Å². The van der Waals surface area contributed by atoms with E-state index in [4.69, 9.17) is 21.3 Å². The van der Waals surface area contributed by atoms with Crippen LogP contribution >= 0.6 is 11.6 Å². The highest BCUT2D eigenvalue weighted by atomic mass is 35.5. The predicted molar refractivity (Wildman–Crippen MR) is 164 cm³/mol. The Labute approximate surface area is 246 Å². The minimum absolute atomic E-state index is 0.0974. The van der Waals surface area contributed by atoms with Crippen LogP contribution in [0.25, 0.3) is 10.9 Å². The molecule has 1 fully saturated rings. The van der Waals surface area contributed by atoms with E-state index in [2.05, 4.69) is 14.6 Å². The summed E-state index contributed by atoms with van der Waals surface area (Å²) in [7, 11) is -2.20. The first-order valence-electron chi connectivity index (χ1n) is 13.8. The fourth-order valence-electron chi connectivity index (χ4n) is 5.15. The lowest BCUT2D eigenvalue weighted by Crippen LogP contribution is -2.29. The largest absolute Gasteiger partial charge is 0.494 e. The zero-order valence-corrected chi connectivity index (χ0v) is 24.6. The van der Waals surface area contributed by atoms with Gasteiger partial charge < -0.3 is 14.8 Å². The highest BCUT2D eigenvalue weighted by Gasteiger charge is 2.22. The molecule has 1 aliphatic rings. The summed E-state index contributed by atoms with van der Waals surface area (Å²) in [6, 6.07) is 20.0. The minimum Gasteiger partial charge on any atom is -0.494 e. The van der Waals surface area contributed by atoms with Crippen molar-refractivity contribution in [3.8, 4) is 5.88 Å². The number of aromatic amines is 1. The van der Waals surface area contributed by atoms with E-state index in [1.165, 1.54) is 25.3 Å². The Morgan fingerprint density at radius 2 is 1.85 bits per heavy atom. The van der Waals surface area contributed by atoms with Gasteiger partial charge in [-0.05, 0) is 68.2 Å². The molecule has 5 rings (SSSR count). The molecule has 216 valence electrons. The summed E-state index contributed by atoms with van der Waals surface area (Å²) in [5.74, 6) is -0.0991. The van der Waals surface area contributed by atoms with Gasteiger partial charge in [0.05, 0.1) is 21.9 Å². The van der Waals surface area contributed by atoms with E-state index in [1.807, 2.05) is 48.5 Å². The number of fused-ring (bicyclic) bond motifs is 1. The molecule has 0 radical (unpaired) electrons. The molecule has 0 unspecified atom stereocenters. The fraction of sp³-hybridized carbons (Fsp3) is 0.323. The van der Waals surface area contributed by atoms with Crippen LogP contribution in [0.3, 0.4) is 0 Å². The normalized spacial score (nSPS) is 15.0. The highest BCUT2D eigenvalue weighted by Crippen LogP contribution is 2.34. The molecule has 4 aromatic rings. The van der Waals surface area contributed by atoms with Crippen LogP contribution in [0.5, 0.6) is 5.88 Å². The molecule has 0 aliphatic carbocycles. The molecule has 0 saturated carbocycles. The number of rotatable bonds is 11. The van der Waals surface area contributed by atoms with Crippen molar-refractivity contribution >= 4 is 43.9 Å². The molecule has 0 amide bonds. The van der Waals surface area contributed by atoms with E-state index >= 15 is 0 Å². The second-order valence-electron chi connectivity index (χ2n) is 10.2. The maximum absolute atomic E-state index is 13.0. The molecule has 0 bridgehead atoms. The first-order chi connectivity index (χ1) is 19.9. The van der Waals surface area contributed by atoms with Crippen LogP contribution in [0.4, 0.5) is 5.69 Å². The van der Waals surface area contributed by atoms with Gasteiger partial charge in [0.1, 0.15) is 0 Å².